The third-order valence-corrected chi connectivity index (χ3v) is 4.42. The molecule has 2 rings (SSSR count). The van der Waals surface area contributed by atoms with Crippen molar-refractivity contribution >= 4 is 27.4 Å². The van der Waals surface area contributed by atoms with E-state index in [0.29, 0.717) is 0 Å². The Bertz CT molecular complexity index is 798. The molecule has 0 spiro atoms. The highest BCUT2D eigenvalue weighted by Gasteiger charge is 2.20. The predicted molar refractivity (Wildman–Crippen MR) is 80.1 cm³/mol. The number of sulfone groups is 1. The minimum absolute atomic E-state index is 0.0364. The summed E-state index contributed by atoms with van der Waals surface area (Å²) in [6, 6.07) is 9.76. The van der Waals surface area contributed by atoms with Crippen LogP contribution in [0.5, 0.6) is 0 Å². The number of halogens is 2. The molecule has 0 aliphatic heterocycles. The number of hydrogen-bond acceptors (Lipinski definition) is 4. The van der Waals surface area contributed by atoms with Crippen LogP contribution in [0.15, 0.2) is 47.4 Å². The van der Waals surface area contributed by atoms with Crippen LogP contribution < -0.4 is 0 Å². The molecule has 0 atom stereocenters. The Morgan fingerprint density at radius 2 is 1.86 bits per heavy atom. The zero-order valence-electron chi connectivity index (χ0n) is 11.5. The van der Waals surface area contributed by atoms with Gasteiger partial charge in [0.25, 0.3) is 0 Å². The Morgan fingerprint density at radius 3 is 2.50 bits per heavy atom. The van der Waals surface area contributed by atoms with E-state index in [9.17, 15) is 17.6 Å². The molecule has 0 aliphatic rings. The molecule has 22 heavy (non-hydrogen) atoms. The normalized spacial score (nSPS) is 11.2. The quantitative estimate of drug-likeness (QED) is 0.800. The van der Waals surface area contributed by atoms with Crippen molar-refractivity contribution in [2.75, 3.05) is 6.26 Å². The minimum atomic E-state index is -3.58. The first kappa shape index (κ1) is 16.5. The van der Waals surface area contributed by atoms with Crippen LogP contribution in [0.3, 0.4) is 0 Å². The van der Waals surface area contributed by atoms with Crippen LogP contribution in [-0.4, -0.2) is 20.6 Å². The maximum absolute atomic E-state index is 13.6. The Balaban J connectivity index is 2.25. The fraction of sp³-hybridized carbons (Fsp3) is 0.133. The van der Waals surface area contributed by atoms with Crippen molar-refractivity contribution in [2.24, 2.45) is 0 Å². The summed E-state index contributed by atoms with van der Waals surface area (Å²) in [6.07, 6.45) is 0.993. The second-order valence-electron chi connectivity index (χ2n) is 4.54. The number of rotatable bonds is 4. The van der Waals surface area contributed by atoms with E-state index in [4.69, 9.17) is 16.3 Å². The molecule has 116 valence electrons. The van der Waals surface area contributed by atoms with Crippen molar-refractivity contribution in [3.8, 4) is 0 Å². The lowest BCUT2D eigenvalue weighted by molar-refractivity contribution is 0.0464. The summed E-state index contributed by atoms with van der Waals surface area (Å²) >= 11 is 5.84. The van der Waals surface area contributed by atoms with Crippen molar-refractivity contribution in [1.82, 2.24) is 0 Å². The minimum Gasteiger partial charge on any atom is -0.457 e. The SMILES string of the molecule is CS(=O)(=O)c1ccccc1C(=O)OCc1c(F)cccc1Cl. The zero-order valence-corrected chi connectivity index (χ0v) is 13.1. The highest BCUT2D eigenvalue weighted by molar-refractivity contribution is 7.90. The molecule has 2 aromatic rings. The molecule has 2 aromatic carbocycles. The van der Waals surface area contributed by atoms with Gasteiger partial charge in [-0.2, -0.15) is 0 Å². The number of benzene rings is 2. The maximum Gasteiger partial charge on any atom is 0.339 e. The molecule has 4 nitrogen and oxygen atoms in total. The Hall–Kier alpha value is -1.92. The smallest absolute Gasteiger partial charge is 0.339 e. The van der Waals surface area contributed by atoms with Crippen molar-refractivity contribution in [2.45, 2.75) is 11.5 Å². The van der Waals surface area contributed by atoms with Gasteiger partial charge in [0.2, 0.25) is 0 Å². The Labute approximate surface area is 132 Å². The fourth-order valence-corrected chi connectivity index (χ4v) is 2.94. The molecule has 7 heteroatoms. The van der Waals surface area contributed by atoms with Crippen molar-refractivity contribution < 1.29 is 22.3 Å². The number of carbonyl (C=O) groups excluding carboxylic acids is 1. The van der Waals surface area contributed by atoms with E-state index in [1.807, 2.05) is 0 Å². The molecule has 0 unspecified atom stereocenters. The molecule has 0 bridgehead atoms. The number of carbonyl (C=O) groups is 1. The second-order valence-corrected chi connectivity index (χ2v) is 6.94. The lowest BCUT2D eigenvalue weighted by atomic mass is 10.2. The van der Waals surface area contributed by atoms with Gasteiger partial charge in [-0.15, -0.1) is 0 Å². The third kappa shape index (κ3) is 3.64. The summed E-state index contributed by atoms with van der Waals surface area (Å²) in [6.45, 7) is -0.386. The summed E-state index contributed by atoms with van der Waals surface area (Å²) in [4.78, 5) is 11.9. The first-order valence-corrected chi connectivity index (χ1v) is 8.46. The average Bonchev–Trinajstić information content (AvgIpc) is 2.45. The van der Waals surface area contributed by atoms with E-state index in [0.717, 1.165) is 6.26 Å². The van der Waals surface area contributed by atoms with E-state index in [1.165, 1.54) is 42.5 Å². The van der Waals surface area contributed by atoms with E-state index in [-0.39, 0.29) is 27.7 Å². The largest absolute Gasteiger partial charge is 0.457 e. The van der Waals surface area contributed by atoms with Crippen molar-refractivity contribution in [1.29, 1.82) is 0 Å². The number of ether oxygens (including phenoxy) is 1. The van der Waals surface area contributed by atoms with Crippen LogP contribution in [0.2, 0.25) is 5.02 Å². The lowest BCUT2D eigenvalue weighted by Gasteiger charge is -2.10. The average molecular weight is 343 g/mol. The maximum atomic E-state index is 13.6. The molecular formula is C15H12ClFO4S. The zero-order chi connectivity index (χ0) is 16.3. The van der Waals surface area contributed by atoms with Crippen molar-refractivity contribution in [3.05, 3.63) is 64.4 Å². The predicted octanol–water partition coefficient (Wildman–Crippen LogP) is 3.24. The van der Waals surface area contributed by atoms with Gasteiger partial charge in [0.15, 0.2) is 9.84 Å². The monoisotopic (exact) mass is 342 g/mol. The van der Waals surface area contributed by atoms with Gasteiger partial charge >= 0.3 is 5.97 Å². The van der Waals surface area contributed by atoms with Crippen LogP contribution in [0.4, 0.5) is 4.39 Å². The van der Waals surface area contributed by atoms with Crippen LogP contribution in [0, 0.1) is 5.82 Å². The molecular weight excluding hydrogens is 331 g/mol. The summed E-state index contributed by atoms with van der Waals surface area (Å²) in [7, 11) is -3.58. The van der Waals surface area contributed by atoms with Gasteiger partial charge in [-0.25, -0.2) is 17.6 Å². The standard InChI is InChI=1S/C15H12ClFO4S/c1-22(19,20)14-8-3-2-5-10(14)15(18)21-9-11-12(16)6-4-7-13(11)17/h2-8H,9H2,1H3. The molecule has 0 saturated heterocycles. The van der Waals surface area contributed by atoms with Gasteiger partial charge in [0.1, 0.15) is 12.4 Å². The van der Waals surface area contributed by atoms with E-state index < -0.39 is 21.6 Å². The third-order valence-electron chi connectivity index (χ3n) is 2.92. The van der Waals surface area contributed by atoms with Crippen molar-refractivity contribution in [3.63, 3.8) is 0 Å². The van der Waals surface area contributed by atoms with Crippen LogP contribution >= 0.6 is 11.6 Å². The van der Waals surface area contributed by atoms with Gasteiger partial charge < -0.3 is 4.74 Å². The molecule has 0 amide bonds. The van der Waals surface area contributed by atoms with Crippen LogP contribution in [0.1, 0.15) is 15.9 Å². The van der Waals surface area contributed by atoms with Crippen LogP contribution in [0.25, 0.3) is 0 Å². The van der Waals surface area contributed by atoms with Crippen LogP contribution in [-0.2, 0) is 21.2 Å². The summed E-state index contributed by atoms with van der Waals surface area (Å²) in [5.74, 6) is -1.46. The molecule has 0 fully saturated rings. The van der Waals surface area contributed by atoms with E-state index in [2.05, 4.69) is 0 Å². The molecule has 0 radical (unpaired) electrons. The summed E-state index contributed by atoms with van der Waals surface area (Å²) in [5.41, 5.74) is -0.0631. The Morgan fingerprint density at radius 1 is 1.18 bits per heavy atom. The highest BCUT2D eigenvalue weighted by atomic mass is 35.5. The fourth-order valence-electron chi connectivity index (χ4n) is 1.84. The molecule has 0 saturated carbocycles. The summed E-state index contributed by atoms with van der Waals surface area (Å²) in [5, 5.41) is 0.129. The molecule has 0 N–H and O–H groups in total. The molecule has 0 aliphatic carbocycles. The van der Waals surface area contributed by atoms with Gasteiger partial charge in [0.05, 0.1) is 15.5 Å². The van der Waals surface area contributed by atoms with Gasteiger partial charge in [-0.05, 0) is 24.3 Å². The lowest BCUT2D eigenvalue weighted by Crippen LogP contribution is -2.11. The summed E-state index contributed by atoms with van der Waals surface area (Å²) < 4.78 is 41.9. The first-order chi connectivity index (χ1) is 10.3. The topological polar surface area (TPSA) is 60.4 Å². The first-order valence-electron chi connectivity index (χ1n) is 6.20. The Kier molecular flexibility index (Phi) is 4.83. The molecule has 0 aromatic heterocycles. The number of esters is 1. The number of hydrogen-bond donors (Lipinski definition) is 0. The van der Waals surface area contributed by atoms with Gasteiger partial charge in [-0.3, -0.25) is 0 Å². The van der Waals surface area contributed by atoms with E-state index in [1.54, 1.807) is 0 Å². The van der Waals surface area contributed by atoms with Gasteiger partial charge in [0, 0.05) is 11.8 Å². The van der Waals surface area contributed by atoms with E-state index >= 15 is 0 Å². The molecule has 0 heterocycles. The van der Waals surface area contributed by atoms with Gasteiger partial charge in [-0.1, -0.05) is 29.8 Å². The second kappa shape index (κ2) is 6.46. The highest BCUT2D eigenvalue weighted by Crippen LogP contribution is 2.21.